The number of hydrogen-bond donors (Lipinski definition) is 2. The molecule has 1 saturated heterocycles. The summed E-state index contributed by atoms with van der Waals surface area (Å²) in [5.74, 6) is -2.15. The van der Waals surface area contributed by atoms with Gasteiger partial charge in [-0.25, -0.2) is 8.78 Å². The summed E-state index contributed by atoms with van der Waals surface area (Å²) in [6.07, 6.45) is 0.762. The highest BCUT2D eigenvalue weighted by molar-refractivity contribution is 5.85. The molecule has 2 aromatic carbocycles. The van der Waals surface area contributed by atoms with Gasteiger partial charge in [0.15, 0.2) is 11.6 Å². The lowest BCUT2D eigenvalue weighted by Gasteiger charge is -2.26. The Morgan fingerprint density at radius 2 is 1.77 bits per heavy atom. The average Bonchev–Trinajstić information content (AvgIpc) is 2.64. The van der Waals surface area contributed by atoms with Crippen LogP contribution in [0.25, 0.3) is 0 Å². The number of halogens is 3. The van der Waals surface area contributed by atoms with Crippen LogP contribution in [-0.2, 0) is 4.79 Å². The molecule has 140 valence electrons. The summed E-state index contributed by atoms with van der Waals surface area (Å²) in [4.78, 5) is 12.7. The summed E-state index contributed by atoms with van der Waals surface area (Å²) in [6, 6.07) is 12.3. The Labute approximate surface area is 157 Å². The Bertz CT molecular complexity index is 725. The SMILES string of the molecule is Cl.O=C(NC1CCNCC1)C(Oc1ccc(F)c(F)c1)c1ccccc1. The van der Waals surface area contributed by atoms with Gasteiger partial charge in [0, 0.05) is 17.7 Å². The van der Waals surface area contributed by atoms with Gasteiger partial charge in [-0.05, 0) is 38.1 Å². The minimum Gasteiger partial charge on any atom is -0.476 e. The van der Waals surface area contributed by atoms with Crippen LogP contribution in [0.3, 0.4) is 0 Å². The van der Waals surface area contributed by atoms with Crippen LogP contribution in [0.5, 0.6) is 5.75 Å². The summed E-state index contributed by atoms with van der Waals surface area (Å²) < 4.78 is 32.3. The fourth-order valence-electron chi connectivity index (χ4n) is 2.83. The number of benzene rings is 2. The first-order chi connectivity index (χ1) is 12.1. The first-order valence-corrected chi connectivity index (χ1v) is 8.31. The Morgan fingerprint density at radius 1 is 1.08 bits per heavy atom. The molecule has 0 saturated carbocycles. The van der Waals surface area contributed by atoms with E-state index in [2.05, 4.69) is 10.6 Å². The third kappa shape index (κ3) is 5.16. The van der Waals surface area contributed by atoms with E-state index in [1.807, 2.05) is 6.07 Å². The number of piperidine rings is 1. The van der Waals surface area contributed by atoms with E-state index in [-0.39, 0.29) is 30.1 Å². The highest BCUT2D eigenvalue weighted by atomic mass is 35.5. The molecular formula is C19H21ClF2N2O2. The third-order valence-electron chi connectivity index (χ3n) is 4.17. The zero-order chi connectivity index (χ0) is 17.6. The normalized spacial score (nSPS) is 15.6. The van der Waals surface area contributed by atoms with Crippen molar-refractivity contribution in [1.29, 1.82) is 0 Å². The van der Waals surface area contributed by atoms with Gasteiger partial charge < -0.3 is 15.4 Å². The van der Waals surface area contributed by atoms with Crippen molar-refractivity contribution < 1.29 is 18.3 Å². The Hall–Kier alpha value is -2.18. The van der Waals surface area contributed by atoms with E-state index in [9.17, 15) is 13.6 Å². The van der Waals surface area contributed by atoms with E-state index < -0.39 is 17.7 Å². The van der Waals surface area contributed by atoms with Crippen LogP contribution in [0.15, 0.2) is 48.5 Å². The van der Waals surface area contributed by atoms with E-state index in [4.69, 9.17) is 4.74 Å². The molecule has 0 aromatic heterocycles. The van der Waals surface area contributed by atoms with Gasteiger partial charge in [-0.2, -0.15) is 0 Å². The molecule has 1 heterocycles. The zero-order valence-corrected chi connectivity index (χ0v) is 14.9. The summed E-state index contributed by atoms with van der Waals surface area (Å²) in [5.41, 5.74) is 0.652. The molecule has 1 amide bonds. The second-order valence-corrected chi connectivity index (χ2v) is 6.02. The fourth-order valence-corrected chi connectivity index (χ4v) is 2.83. The van der Waals surface area contributed by atoms with Crippen molar-refractivity contribution in [3.63, 3.8) is 0 Å². The summed E-state index contributed by atoms with van der Waals surface area (Å²) >= 11 is 0. The molecule has 1 atom stereocenters. The van der Waals surface area contributed by atoms with Gasteiger partial charge in [0.05, 0.1) is 0 Å². The average molecular weight is 383 g/mol. The second-order valence-electron chi connectivity index (χ2n) is 6.02. The van der Waals surface area contributed by atoms with Gasteiger partial charge in [-0.1, -0.05) is 30.3 Å². The maximum absolute atomic E-state index is 13.4. The highest BCUT2D eigenvalue weighted by Gasteiger charge is 2.26. The van der Waals surface area contributed by atoms with Crippen LogP contribution >= 0.6 is 12.4 Å². The van der Waals surface area contributed by atoms with E-state index in [1.54, 1.807) is 24.3 Å². The van der Waals surface area contributed by atoms with Crippen molar-refractivity contribution >= 4 is 18.3 Å². The van der Waals surface area contributed by atoms with Crippen LogP contribution in [0.4, 0.5) is 8.78 Å². The number of ether oxygens (including phenoxy) is 1. The van der Waals surface area contributed by atoms with Gasteiger partial charge in [-0.15, -0.1) is 12.4 Å². The molecule has 2 N–H and O–H groups in total. The molecule has 0 spiro atoms. The number of amides is 1. The summed E-state index contributed by atoms with van der Waals surface area (Å²) in [6.45, 7) is 1.70. The maximum atomic E-state index is 13.4. The Balaban J connectivity index is 0.00000243. The number of carbonyl (C=O) groups excluding carboxylic acids is 1. The minimum atomic E-state index is -1.01. The maximum Gasteiger partial charge on any atom is 0.266 e. The van der Waals surface area contributed by atoms with Gasteiger partial charge >= 0.3 is 0 Å². The predicted octanol–water partition coefficient (Wildman–Crippen LogP) is 3.37. The van der Waals surface area contributed by atoms with Crippen molar-refractivity contribution in [3.8, 4) is 5.75 Å². The lowest BCUT2D eigenvalue weighted by atomic mass is 10.0. The molecule has 1 fully saturated rings. The molecule has 3 rings (SSSR count). The van der Waals surface area contributed by atoms with Crippen LogP contribution in [0.2, 0.25) is 0 Å². The molecule has 1 aliphatic heterocycles. The lowest BCUT2D eigenvalue weighted by Crippen LogP contribution is -2.45. The standard InChI is InChI=1S/C19H20F2N2O2.ClH/c20-16-7-6-15(12-17(16)21)25-18(13-4-2-1-3-5-13)19(24)23-14-8-10-22-11-9-14;/h1-7,12,14,18,22H,8-11H2,(H,23,24);1H. The van der Waals surface area contributed by atoms with Crippen molar-refractivity contribution in [2.75, 3.05) is 13.1 Å². The molecule has 1 aliphatic rings. The highest BCUT2D eigenvalue weighted by Crippen LogP contribution is 2.24. The van der Waals surface area contributed by atoms with Crippen LogP contribution < -0.4 is 15.4 Å². The molecule has 1 unspecified atom stereocenters. The molecule has 0 aliphatic carbocycles. The van der Waals surface area contributed by atoms with E-state index in [1.165, 1.54) is 6.07 Å². The third-order valence-corrected chi connectivity index (χ3v) is 4.17. The van der Waals surface area contributed by atoms with Gasteiger partial charge in [-0.3, -0.25) is 4.79 Å². The summed E-state index contributed by atoms with van der Waals surface area (Å²) in [7, 11) is 0. The molecule has 0 bridgehead atoms. The van der Waals surface area contributed by atoms with Crippen LogP contribution in [0.1, 0.15) is 24.5 Å². The minimum absolute atomic E-state index is 0. The van der Waals surface area contributed by atoms with Crippen molar-refractivity contribution in [1.82, 2.24) is 10.6 Å². The van der Waals surface area contributed by atoms with Gasteiger partial charge in [0.25, 0.3) is 5.91 Å². The van der Waals surface area contributed by atoms with E-state index in [0.717, 1.165) is 38.1 Å². The number of carbonyl (C=O) groups is 1. The van der Waals surface area contributed by atoms with Crippen LogP contribution in [-0.4, -0.2) is 25.0 Å². The van der Waals surface area contributed by atoms with E-state index >= 15 is 0 Å². The molecule has 0 radical (unpaired) electrons. The van der Waals surface area contributed by atoms with Gasteiger partial charge in [0.1, 0.15) is 5.75 Å². The molecular weight excluding hydrogens is 362 g/mol. The molecule has 4 nitrogen and oxygen atoms in total. The van der Waals surface area contributed by atoms with Gasteiger partial charge in [0.2, 0.25) is 6.10 Å². The molecule has 7 heteroatoms. The zero-order valence-electron chi connectivity index (χ0n) is 14.1. The predicted molar refractivity (Wildman–Crippen MR) is 97.5 cm³/mol. The number of rotatable bonds is 5. The number of nitrogens with one attached hydrogen (secondary N) is 2. The quantitative estimate of drug-likeness (QED) is 0.833. The topological polar surface area (TPSA) is 50.4 Å². The summed E-state index contributed by atoms with van der Waals surface area (Å²) in [5, 5.41) is 6.23. The second kappa shape index (κ2) is 9.50. The van der Waals surface area contributed by atoms with Crippen molar-refractivity contribution in [2.24, 2.45) is 0 Å². The Kier molecular flexibility index (Phi) is 7.36. The first-order valence-electron chi connectivity index (χ1n) is 8.31. The van der Waals surface area contributed by atoms with Crippen LogP contribution in [0, 0.1) is 11.6 Å². The van der Waals surface area contributed by atoms with E-state index in [0.29, 0.717) is 5.56 Å². The van der Waals surface area contributed by atoms with Crippen molar-refractivity contribution in [3.05, 3.63) is 65.7 Å². The Morgan fingerprint density at radius 3 is 2.42 bits per heavy atom. The smallest absolute Gasteiger partial charge is 0.266 e. The molecule has 2 aromatic rings. The monoisotopic (exact) mass is 382 g/mol. The fraction of sp³-hybridized carbons (Fsp3) is 0.316. The number of hydrogen-bond acceptors (Lipinski definition) is 3. The van der Waals surface area contributed by atoms with Crippen molar-refractivity contribution in [2.45, 2.75) is 25.0 Å². The lowest BCUT2D eigenvalue weighted by molar-refractivity contribution is -0.129. The molecule has 26 heavy (non-hydrogen) atoms. The largest absolute Gasteiger partial charge is 0.476 e. The first kappa shape index (κ1) is 20.1.